The van der Waals surface area contributed by atoms with Crippen molar-refractivity contribution in [1.82, 2.24) is 0 Å². The minimum absolute atomic E-state index is 0.00477. The van der Waals surface area contributed by atoms with Gasteiger partial charge >= 0.3 is 11.9 Å². The standard InChI is InChI=1S/C11H9NO4/c13-9(14)7-1-2-8-6-12-4-3-11(8,5-7)10(15)16/h1-2,4-6H,3H2,(H,13,14)(H,15,16). The number of aliphatic imine (C=N–C) groups is 1. The third-order valence-corrected chi connectivity index (χ3v) is 2.72. The number of hydrogen-bond donors (Lipinski definition) is 2. The number of carboxylic acids is 2. The Hall–Kier alpha value is -2.17. The van der Waals surface area contributed by atoms with Gasteiger partial charge in [0.15, 0.2) is 0 Å². The van der Waals surface area contributed by atoms with E-state index in [1.165, 1.54) is 30.6 Å². The van der Waals surface area contributed by atoms with Gasteiger partial charge in [-0.2, -0.15) is 0 Å². The van der Waals surface area contributed by atoms with Gasteiger partial charge in [0.1, 0.15) is 5.41 Å². The Morgan fingerprint density at radius 1 is 1.31 bits per heavy atom. The van der Waals surface area contributed by atoms with Crippen molar-refractivity contribution in [3.8, 4) is 0 Å². The van der Waals surface area contributed by atoms with Gasteiger partial charge < -0.3 is 10.2 Å². The fourth-order valence-corrected chi connectivity index (χ4v) is 1.80. The Morgan fingerprint density at radius 3 is 2.69 bits per heavy atom. The molecule has 0 amide bonds. The topological polar surface area (TPSA) is 87.0 Å². The lowest BCUT2D eigenvalue weighted by Crippen LogP contribution is -2.34. The fraction of sp³-hybridized carbons (Fsp3) is 0.182. The second-order valence-electron chi connectivity index (χ2n) is 3.63. The summed E-state index contributed by atoms with van der Waals surface area (Å²) in [6, 6.07) is 0. The molecule has 1 aliphatic heterocycles. The number of hydrogen-bond acceptors (Lipinski definition) is 3. The largest absolute Gasteiger partial charge is 0.480 e. The van der Waals surface area contributed by atoms with Crippen molar-refractivity contribution in [1.29, 1.82) is 0 Å². The van der Waals surface area contributed by atoms with Gasteiger partial charge in [-0.25, -0.2) is 4.79 Å². The molecule has 1 unspecified atom stereocenters. The number of aliphatic carboxylic acids is 2. The highest BCUT2D eigenvalue weighted by atomic mass is 16.4. The lowest BCUT2D eigenvalue weighted by molar-refractivity contribution is -0.143. The molecule has 0 fully saturated rings. The van der Waals surface area contributed by atoms with E-state index in [0.29, 0.717) is 5.57 Å². The van der Waals surface area contributed by atoms with Crippen molar-refractivity contribution in [2.75, 3.05) is 0 Å². The molecule has 5 nitrogen and oxygen atoms in total. The van der Waals surface area contributed by atoms with Gasteiger partial charge in [-0.3, -0.25) is 9.79 Å². The molecule has 0 aromatic rings. The van der Waals surface area contributed by atoms with Crippen molar-refractivity contribution in [3.05, 3.63) is 35.6 Å². The Kier molecular flexibility index (Phi) is 2.23. The molecule has 0 radical (unpaired) electrons. The number of nitrogens with zero attached hydrogens (tertiary/aromatic N) is 1. The number of allylic oxidation sites excluding steroid dienone is 1. The molecule has 1 aliphatic carbocycles. The molecule has 0 bridgehead atoms. The van der Waals surface area contributed by atoms with Gasteiger partial charge in [-0.1, -0.05) is 6.08 Å². The maximum Gasteiger partial charge on any atom is 0.335 e. The maximum absolute atomic E-state index is 11.3. The highest BCUT2D eigenvalue weighted by Crippen LogP contribution is 2.40. The third-order valence-electron chi connectivity index (χ3n) is 2.72. The van der Waals surface area contributed by atoms with E-state index in [9.17, 15) is 14.7 Å². The van der Waals surface area contributed by atoms with Crippen LogP contribution in [0.25, 0.3) is 0 Å². The summed E-state index contributed by atoms with van der Waals surface area (Å²) in [5.41, 5.74) is -0.771. The summed E-state index contributed by atoms with van der Waals surface area (Å²) in [5.74, 6) is -2.19. The number of carbonyl (C=O) groups is 2. The molecule has 16 heavy (non-hydrogen) atoms. The zero-order chi connectivity index (χ0) is 11.8. The molecule has 0 aromatic heterocycles. The summed E-state index contributed by atoms with van der Waals surface area (Å²) in [6.45, 7) is 0. The normalized spacial score (nSPS) is 26.8. The summed E-state index contributed by atoms with van der Waals surface area (Å²) < 4.78 is 0. The number of fused-ring (bicyclic) bond motifs is 1. The van der Waals surface area contributed by atoms with Crippen molar-refractivity contribution in [3.63, 3.8) is 0 Å². The number of rotatable bonds is 2. The highest BCUT2D eigenvalue weighted by molar-refractivity contribution is 5.96. The van der Waals surface area contributed by atoms with Crippen molar-refractivity contribution in [2.24, 2.45) is 10.4 Å². The van der Waals surface area contributed by atoms with Gasteiger partial charge in [0, 0.05) is 18.8 Å². The zero-order valence-corrected chi connectivity index (χ0v) is 8.25. The molecule has 2 N–H and O–H groups in total. The Balaban J connectivity index is 2.55. The molecule has 82 valence electrons. The van der Waals surface area contributed by atoms with Gasteiger partial charge in [0.2, 0.25) is 0 Å². The first kappa shape index (κ1) is 10.4. The molecule has 0 saturated carbocycles. The minimum Gasteiger partial charge on any atom is -0.480 e. The van der Waals surface area contributed by atoms with Crippen molar-refractivity contribution < 1.29 is 19.8 Å². The maximum atomic E-state index is 11.3. The summed E-state index contributed by atoms with van der Waals surface area (Å²) in [6.07, 6.45) is 7.25. The highest BCUT2D eigenvalue weighted by Gasteiger charge is 2.42. The molecular formula is C11H9NO4. The SMILES string of the molecule is O=C(O)C1=CC2(C(=O)O)CC=NC=C2C=C1. The second-order valence-corrected chi connectivity index (χ2v) is 3.63. The van der Waals surface area contributed by atoms with E-state index in [4.69, 9.17) is 5.11 Å². The summed E-state index contributed by atoms with van der Waals surface area (Å²) in [5, 5.41) is 18.1. The van der Waals surface area contributed by atoms with Crippen LogP contribution < -0.4 is 0 Å². The molecule has 1 heterocycles. The van der Waals surface area contributed by atoms with E-state index in [1.54, 1.807) is 0 Å². The van der Waals surface area contributed by atoms with E-state index in [2.05, 4.69) is 4.99 Å². The van der Waals surface area contributed by atoms with Crippen molar-refractivity contribution in [2.45, 2.75) is 6.42 Å². The van der Waals surface area contributed by atoms with Crippen molar-refractivity contribution >= 4 is 18.2 Å². The van der Waals surface area contributed by atoms with Gasteiger partial charge in [0.25, 0.3) is 0 Å². The summed E-state index contributed by atoms with van der Waals surface area (Å²) >= 11 is 0. The predicted molar refractivity (Wildman–Crippen MR) is 56.1 cm³/mol. The van der Waals surface area contributed by atoms with E-state index >= 15 is 0 Å². The second kappa shape index (κ2) is 3.44. The summed E-state index contributed by atoms with van der Waals surface area (Å²) in [7, 11) is 0. The van der Waals surface area contributed by atoms with Crippen LogP contribution in [-0.4, -0.2) is 28.4 Å². The Labute approximate surface area is 91.1 Å². The van der Waals surface area contributed by atoms with Crippen LogP contribution in [0.2, 0.25) is 0 Å². The predicted octanol–water partition coefficient (Wildman–Crippen LogP) is 0.997. The molecular weight excluding hydrogens is 210 g/mol. The molecule has 2 aliphatic rings. The summed E-state index contributed by atoms with van der Waals surface area (Å²) in [4.78, 5) is 26.0. The van der Waals surface area contributed by atoms with E-state index in [1.807, 2.05) is 0 Å². The van der Waals surface area contributed by atoms with E-state index < -0.39 is 17.4 Å². The first-order chi connectivity index (χ1) is 7.56. The Morgan fingerprint density at radius 2 is 2.06 bits per heavy atom. The molecule has 2 rings (SSSR count). The number of carboxylic acid groups (broad SMARTS) is 2. The third kappa shape index (κ3) is 1.37. The molecule has 0 aromatic carbocycles. The molecule has 0 saturated heterocycles. The quantitative estimate of drug-likeness (QED) is 0.725. The van der Waals surface area contributed by atoms with Gasteiger partial charge in [-0.05, 0) is 17.7 Å². The van der Waals surface area contributed by atoms with Crippen LogP contribution in [0.15, 0.2) is 40.6 Å². The first-order valence-electron chi connectivity index (χ1n) is 4.66. The van der Waals surface area contributed by atoms with Crippen LogP contribution in [0.4, 0.5) is 0 Å². The van der Waals surface area contributed by atoms with Crippen LogP contribution in [0.1, 0.15) is 6.42 Å². The van der Waals surface area contributed by atoms with Crippen LogP contribution in [0.5, 0.6) is 0 Å². The first-order valence-corrected chi connectivity index (χ1v) is 4.66. The van der Waals surface area contributed by atoms with Crippen LogP contribution >= 0.6 is 0 Å². The zero-order valence-electron chi connectivity index (χ0n) is 8.25. The molecule has 5 heteroatoms. The van der Waals surface area contributed by atoms with Crippen LogP contribution in [0.3, 0.4) is 0 Å². The average molecular weight is 219 g/mol. The Bertz CT molecular complexity index is 484. The fourth-order valence-electron chi connectivity index (χ4n) is 1.80. The van der Waals surface area contributed by atoms with Gasteiger partial charge in [0.05, 0.1) is 5.57 Å². The lowest BCUT2D eigenvalue weighted by Gasteiger charge is -2.30. The minimum atomic E-state index is -1.27. The molecule has 0 spiro atoms. The molecule has 1 atom stereocenters. The monoisotopic (exact) mass is 219 g/mol. The van der Waals surface area contributed by atoms with E-state index in [-0.39, 0.29) is 12.0 Å². The smallest absolute Gasteiger partial charge is 0.335 e. The van der Waals surface area contributed by atoms with Gasteiger partial charge in [-0.15, -0.1) is 0 Å². The lowest BCUT2D eigenvalue weighted by atomic mass is 9.73. The average Bonchev–Trinajstić information content (AvgIpc) is 2.28. The van der Waals surface area contributed by atoms with E-state index in [0.717, 1.165) is 0 Å². The van der Waals surface area contributed by atoms with Crippen LogP contribution in [0, 0.1) is 5.41 Å². The van der Waals surface area contributed by atoms with Crippen LogP contribution in [-0.2, 0) is 9.59 Å².